The predicted octanol–water partition coefficient (Wildman–Crippen LogP) is 4.00. The number of nitrogens with zero attached hydrogens (tertiary/aromatic N) is 3. The molecule has 4 rings (SSSR count). The van der Waals surface area contributed by atoms with Crippen LogP contribution in [0.1, 0.15) is 5.56 Å². The monoisotopic (exact) mass is 385 g/mol. The number of likely N-dealkylation sites (N-methyl/N-ethyl adjacent to an activating group) is 1. The van der Waals surface area contributed by atoms with E-state index in [0.717, 1.165) is 53.9 Å². The second kappa shape index (κ2) is 6.67. The molecule has 2 heterocycles. The molecule has 124 valence electrons. The SMILES string of the molecule is CN1CCN(Cc2ccc3oc(-c4cccc(Br)c4)nc3c2)CC1. The van der Waals surface area contributed by atoms with Crippen molar-refractivity contribution >= 4 is 27.0 Å². The van der Waals surface area contributed by atoms with Crippen LogP contribution in [0.2, 0.25) is 0 Å². The first-order valence-corrected chi connectivity index (χ1v) is 9.03. The van der Waals surface area contributed by atoms with Gasteiger partial charge in [-0.3, -0.25) is 4.90 Å². The van der Waals surface area contributed by atoms with Crippen molar-refractivity contribution in [3.8, 4) is 11.5 Å². The van der Waals surface area contributed by atoms with Gasteiger partial charge in [-0.1, -0.05) is 28.1 Å². The van der Waals surface area contributed by atoms with Gasteiger partial charge in [0.05, 0.1) is 0 Å². The number of benzene rings is 2. The fourth-order valence-corrected chi connectivity index (χ4v) is 3.48. The average molecular weight is 386 g/mol. The first kappa shape index (κ1) is 15.8. The Balaban J connectivity index is 1.57. The molecular formula is C19H20BrN3O. The first-order valence-electron chi connectivity index (χ1n) is 8.24. The van der Waals surface area contributed by atoms with Crippen LogP contribution in [-0.4, -0.2) is 48.0 Å². The number of fused-ring (bicyclic) bond motifs is 1. The molecule has 1 aliphatic rings. The van der Waals surface area contributed by atoms with E-state index < -0.39 is 0 Å². The van der Waals surface area contributed by atoms with E-state index in [9.17, 15) is 0 Å². The number of halogens is 1. The molecule has 0 amide bonds. The van der Waals surface area contributed by atoms with Crippen LogP contribution in [-0.2, 0) is 6.54 Å². The molecular weight excluding hydrogens is 366 g/mol. The highest BCUT2D eigenvalue weighted by atomic mass is 79.9. The normalized spacial score (nSPS) is 16.8. The molecule has 1 fully saturated rings. The first-order chi connectivity index (χ1) is 11.7. The zero-order valence-corrected chi connectivity index (χ0v) is 15.3. The van der Waals surface area contributed by atoms with Gasteiger partial charge in [-0.25, -0.2) is 4.98 Å². The lowest BCUT2D eigenvalue weighted by atomic mass is 10.2. The Bertz CT molecular complexity index is 853. The Morgan fingerprint density at radius 2 is 1.92 bits per heavy atom. The molecule has 3 aromatic rings. The summed E-state index contributed by atoms with van der Waals surface area (Å²) >= 11 is 3.50. The molecule has 24 heavy (non-hydrogen) atoms. The highest BCUT2D eigenvalue weighted by molar-refractivity contribution is 9.10. The topological polar surface area (TPSA) is 32.5 Å². The van der Waals surface area contributed by atoms with Gasteiger partial charge in [0.2, 0.25) is 5.89 Å². The Hall–Kier alpha value is -1.69. The zero-order valence-electron chi connectivity index (χ0n) is 13.7. The van der Waals surface area contributed by atoms with Crippen molar-refractivity contribution in [2.45, 2.75) is 6.54 Å². The lowest BCUT2D eigenvalue weighted by Gasteiger charge is -2.32. The third-order valence-corrected chi connectivity index (χ3v) is 5.02. The van der Waals surface area contributed by atoms with Gasteiger partial charge in [-0.05, 0) is 42.9 Å². The van der Waals surface area contributed by atoms with Crippen molar-refractivity contribution in [2.75, 3.05) is 33.2 Å². The molecule has 2 aromatic carbocycles. The summed E-state index contributed by atoms with van der Waals surface area (Å²) < 4.78 is 6.94. The standard InChI is InChI=1S/C19H20BrN3O/c1-22-7-9-23(10-8-22)13-14-5-6-18-17(11-14)21-19(24-18)15-3-2-4-16(20)12-15/h2-6,11-12H,7-10,13H2,1H3. The van der Waals surface area contributed by atoms with Crippen LogP contribution in [0.5, 0.6) is 0 Å². The largest absolute Gasteiger partial charge is 0.436 e. The highest BCUT2D eigenvalue weighted by Gasteiger charge is 2.15. The number of hydrogen-bond donors (Lipinski definition) is 0. The van der Waals surface area contributed by atoms with Crippen LogP contribution in [0.3, 0.4) is 0 Å². The van der Waals surface area contributed by atoms with Crippen molar-refractivity contribution in [1.29, 1.82) is 0 Å². The average Bonchev–Trinajstić information content (AvgIpc) is 3.00. The van der Waals surface area contributed by atoms with E-state index in [4.69, 9.17) is 4.42 Å². The molecule has 0 bridgehead atoms. The van der Waals surface area contributed by atoms with Crippen LogP contribution in [0.4, 0.5) is 0 Å². The van der Waals surface area contributed by atoms with Gasteiger partial charge in [0.15, 0.2) is 5.58 Å². The Morgan fingerprint density at radius 1 is 1.08 bits per heavy atom. The maximum Gasteiger partial charge on any atom is 0.227 e. The zero-order chi connectivity index (χ0) is 16.5. The predicted molar refractivity (Wildman–Crippen MR) is 99.9 cm³/mol. The third kappa shape index (κ3) is 3.38. The lowest BCUT2D eigenvalue weighted by Crippen LogP contribution is -2.43. The van der Waals surface area contributed by atoms with Crippen molar-refractivity contribution in [3.05, 3.63) is 52.5 Å². The van der Waals surface area contributed by atoms with Gasteiger partial charge in [-0.2, -0.15) is 0 Å². The molecule has 0 radical (unpaired) electrons. The fraction of sp³-hybridized carbons (Fsp3) is 0.316. The molecule has 5 heteroatoms. The van der Waals surface area contributed by atoms with E-state index in [0.29, 0.717) is 5.89 Å². The highest BCUT2D eigenvalue weighted by Crippen LogP contribution is 2.27. The Kier molecular flexibility index (Phi) is 4.39. The Labute approximate surface area is 150 Å². The summed E-state index contributed by atoms with van der Waals surface area (Å²) in [5.41, 5.74) is 4.05. The van der Waals surface area contributed by atoms with Crippen LogP contribution in [0.15, 0.2) is 51.4 Å². The van der Waals surface area contributed by atoms with E-state index >= 15 is 0 Å². The molecule has 0 spiro atoms. The number of aromatic nitrogens is 1. The van der Waals surface area contributed by atoms with Crippen LogP contribution < -0.4 is 0 Å². The summed E-state index contributed by atoms with van der Waals surface area (Å²) in [5.74, 6) is 0.669. The van der Waals surface area contributed by atoms with Crippen molar-refractivity contribution in [3.63, 3.8) is 0 Å². The van der Waals surface area contributed by atoms with Crippen molar-refractivity contribution < 1.29 is 4.42 Å². The van der Waals surface area contributed by atoms with Gasteiger partial charge >= 0.3 is 0 Å². The second-order valence-corrected chi connectivity index (χ2v) is 7.33. The van der Waals surface area contributed by atoms with Gasteiger partial charge < -0.3 is 9.32 Å². The number of rotatable bonds is 3. The molecule has 1 aromatic heterocycles. The maximum atomic E-state index is 5.92. The van der Waals surface area contributed by atoms with Crippen LogP contribution in [0, 0.1) is 0 Å². The smallest absolute Gasteiger partial charge is 0.227 e. The molecule has 0 unspecified atom stereocenters. The summed E-state index contributed by atoms with van der Waals surface area (Å²) in [6.07, 6.45) is 0. The molecule has 4 nitrogen and oxygen atoms in total. The second-order valence-electron chi connectivity index (χ2n) is 6.41. The summed E-state index contributed by atoms with van der Waals surface area (Å²) in [5, 5.41) is 0. The molecule has 0 N–H and O–H groups in total. The maximum absolute atomic E-state index is 5.92. The minimum atomic E-state index is 0.669. The molecule has 0 saturated carbocycles. The van der Waals surface area contributed by atoms with E-state index in [1.54, 1.807) is 0 Å². The number of piperazine rings is 1. The minimum Gasteiger partial charge on any atom is -0.436 e. The molecule has 0 atom stereocenters. The summed E-state index contributed by atoms with van der Waals surface area (Å²) in [7, 11) is 2.18. The van der Waals surface area contributed by atoms with Crippen molar-refractivity contribution in [2.24, 2.45) is 0 Å². The minimum absolute atomic E-state index is 0.669. The van der Waals surface area contributed by atoms with Gasteiger partial charge in [0.1, 0.15) is 5.52 Å². The summed E-state index contributed by atoms with van der Waals surface area (Å²) in [4.78, 5) is 9.55. The van der Waals surface area contributed by atoms with Gasteiger partial charge in [-0.15, -0.1) is 0 Å². The lowest BCUT2D eigenvalue weighted by molar-refractivity contribution is 0.148. The molecule has 0 aliphatic carbocycles. The van der Waals surface area contributed by atoms with Gasteiger partial charge in [0.25, 0.3) is 0 Å². The number of hydrogen-bond acceptors (Lipinski definition) is 4. The van der Waals surface area contributed by atoms with Crippen LogP contribution in [0.25, 0.3) is 22.6 Å². The van der Waals surface area contributed by atoms with E-state index in [1.807, 2.05) is 30.3 Å². The molecule has 1 aliphatic heterocycles. The van der Waals surface area contributed by atoms with E-state index in [1.165, 1.54) is 5.56 Å². The third-order valence-electron chi connectivity index (χ3n) is 4.53. The Morgan fingerprint density at radius 3 is 2.71 bits per heavy atom. The fourth-order valence-electron chi connectivity index (χ4n) is 3.08. The summed E-state index contributed by atoms with van der Waals surface area (Å²) in [6.45, 7) is 5.49. The number of oxazole rings is 1. The quantitative estimate of drug-likeness (QED) is 0.681. The molecule has 1 saturated heterocycles. The van der Waals surface area contributed by atoms with E-state index in [-0.39, 0.29) is 0 Å². The van der Waals surface area contributed by atoms with Crippen molar-refractivity contribution in [1.82, 2.24) is 14.8 Å². The van der Waals surface area contributed by atoms with E-state index in [2.05, 4.69) is 49.9 Å². The van der Waals surface area contributed by atoms with Gasteiger partial charge in [0, 0.05) is 42.8 Å². The summed E-state index contributed by atoms with van der Waals surface area (Å²) in [6, 6.07) is 14.4. The van der Waals surface area contributed by atoms with Crippen LogP contribution >= 0.6 is 15.9 Å².